The van der Waals surface area contributed by atoms with E-state index in [0.717, 1.165) is 16.2 Å². The quantitative estimate of drug-likeness (QED) is 0.636. The van der Waals surface area contributed by atoms with Crippen molar-refractivity contribution in [2.45, 2.75) is 25.7 Å². The van der Waals surface area contributed by atoms with Gasteiger partial charge < -0.3 is 10.1 Å². The second-order valence-corrected chi connectivity index (χ2v) is 6.85. The number of carbonyl (C=O) groups excluding carboxylic acids is 2. The number of nitrogens with one attached hydrogen (secondary N) is 1. The van der Waals surface area contributed by atoms with Crippen LogP contribution in [0.2, 0.25) is 0 Å². The van der Waals surface area contributed by atoms with Crippen LogP contribution < -0.4 is 5.32 Å². The topological polar surface area (TPSA) is 68.3 Å². The Morgan fingerprint density at radius 3 is 2.61 bits per heavy atom. The normalized spacial score (nSPS) is 10.4. The molecule has 1 aromatic carbocycles. The minimum absolute atomic E-state index is 0.153. The second-order valence-electron chi connectivity index (χ2n) is 4.80. The lowest BCUT2D eigenvalue weighted by Gasteiger charge is -2.02. The monoisotopic (exact) mass is 350 g/mol. The third kappa shape index (κ3) is 5.07. The zero-order chi connectivity index (χ0) is 16.8. The maximum absolute atomic E-state index is 12.0. The van der Waals surface area contributed by atoms with Gasteiger partial charge in [-0.1, -0.05) is 29.0 Å². The molecule has 1 aromatic heterocycles. The van der Waals surface area contributed by atoms with Gasteiger partial charge in [0, 0.05) is 4.90 Å². The average molecular weight is 350 g/mol. The zero-order valence-corrected chi connectivity index (χ0v) is 14.8. The molecular formula is C16H18N2O3S2. The Bertz CT molecular complexity index is 696. The highest BCUT2D eigenvalue weighted by Crippen LogP contribution is 2.24. The number of rotatable bonds is 6. The predicted octanol–water partition coefficient (Wildman–Crippen LogP) is 3.67. The standard InChI is InChI=1S/C16H18N2O3S2/c1-4-21-15(20)14-11(3)17-16(23-14)18-13(19)9-22-12-7-5-10(2)6-8-12/h5-8H,4,9H2,1-3H3,(H,17,18,19). The van der Waals surface area contributed by atoms with Crippen molar-refractivity contribution in [2.24, 2.45) is 0 Å². The van der Waals surface area contributed by atoms with Crippen molar-refractivity contribution >= 4 is 40.1 Å². The van der Waals surface area contributed by atoms with Crippen LogP contribution in [0.25, 0.3) is 0 Å². The molecule has 23 heavy (non-hydrogen) atoms. The van der Waals surface area contributed by atoms with Gasteiger partial charge >= 0.3 is 5.97 Å². The van der Waals surface area contributed by atoms with E-state index < -0.39 is 5.97 Å². The van der Waals surface area contributed by atoms with Crippen molar-refractivity contribution < 1.29 is 14.3 Å². The van der Waals surface area contributed by atoms with E-state index in [1.165, 1.54) is 17.3 Å². The van der Waals surface area contributed by atoms with E-state index in [-0.39, 0.29) is 11.7 Å². The number of carbonyl (C=O) groups is 2. The first-order chi connectivity index (χ1) is 11.0. The summed E-state index contributed by atoms with van der Waals surface area (Å²) in [4.78, 5) is 29.4. The van der Waals surface area contributed by atoms with E-state index in [0.29, 0.717) is 22.3 Å². The third-order valence-electron chi connectivity index (χ3n) is 2.89. The molecule has 0 aliphatic heterocycles. The number of esters is 1. The molecule has 1 amide bonds. The van der Waals surface area contributed by atoms with Crippen LogP contribution in [0.3, 0.4) is 0 Å². The summed E-state index contributed by atoms with van der Waals surface area (Å²) in [6.45, 7) is 5.80. The lowest BCUT2D eigenvalue weighted by molar-refractivity contribution is -0.113. The van der Waals surface area contributed by atoms with Crippen LogP contribution in [0.5, 0.6) is 0 Å². The fraction of sp³-hybridized carbons (Fsp3) is 0.312. The number of ether oxygens (including phenoxy) is 1. The molecule has 0 saturated heterocycles. The van der Waals surface area contributed by atoms with E-state index in [9.17, 15) is 9.59 Å². The van der Waals surface area contributed by atoms with E-state index in [2.05, 4.69) is 10.3 Å². The number of thiazole rings is 1. The van der Waals surface area contributed by atoms with Gasteiger partial charge in [0.2, 0.25) is 5.91 Å². The molecule has 0 bridgehead atoms. The molecule has 0 aliphatic carbocycles. The smallest absolute Gasteiger partial charge is 0.350 e. The van der Waals surface area contributed by atoms with Gasteiger partial charge in [0.05, 0.1) is 18.1 Å². The molecule has 0 radical (unpaired) electrons. The molecule has 0 saturated carbocycles. The van der Waals surface area contributed by atoms with Gasteiger partial charge in [0.25, 0.3) is 0 Å². The minimum Gasteiger partial charge on any atom is -0.462 e. The molecule has 0 spiro atoms. The molecule has 0 fully saturated rings. The van der Waals surface area contributed by atoms with Crippen molar-refractivity contribution in [1.82, 2.24) is 4.98 Å². The van der Waals surface area contributed by atoms with E-state index in [1.54, 1.807) is 13.8 Å². The van der Waals surface area contributed by atoms with Crippen molar-refractivity contribution in [3.8, 4) is 0 Å². The predicted molar refractivity (Wildman–Crippen MR) is 93.3 cm³/mol. The lowest BCUT2D eigenvalue weighted by atomic mass is 10.2. The molecule has 1 heterocycles. The molecule has 2 aromatic rings. The van der Waals surface area contributed by atoms with Crippen LogP contribution in [-0.4, -0.2) is 29.2 Å². The molecule has 1 N–H and O–H groups in total. The number of amides is 1. The summed E-state index contributed by atoms with van der Waals surface area (Å²) >= 11 is 2.59. The first-order valence-electron chi connectivity index (χ1n) is 7.13. The molecule has 0 atom stereocenters. The Hall–Kier alpha value is -1.86. The summed E-state index contributed by atoms with van der Waals surface area (Å²) < 4.78 is 4.96. The van der Waals surface area contributed by atoms with Gasteiger partial charge in [-0.05, 0) is 32.9 Å². The number of thioether (sulfide) groups is 1. The molecule has 0 unspecified atom stereocenters. The Balaban J connectivity index is 1.91. The van der Waals surface area contributed by atoms with Gasteiger partial charge in [-0.3, -0.25) is 4.79 Å². The summed E-state index contributed by atoms with van der Waals surface area (Å²) in [7, 11) is 0. The molecular weight excluding hydrogens is 332 g/mol. The van der Waals surface area contributed by atoms with Gasteiger partial charge in [-0.25, -0.2) is 9.78 Å². The van der Waals surface area contributed by atoms with Crippen LogP contribution >= 0.6 is 23.1 Å². The fourth-order valence-electron chi connectivity index (χ4n) is 1.77. The average Bonchev–Trinajstić information content (AvgIpc) is 2.87. The van der Waals surface area contributed by atoms with Gasteiger partial charge in [0.1, 0.15) is 4.88 Å². The van der Waals surface area contributed by atoms with Crippen molar-refractivity contribution in [3.63, 3.8) is 0 Å². The summed E-state index contributed by atoms with van der Waals surface area (Å²) in [5.74, 6) is -0.270. The third-order valence-corrected chi connectivity index (χ3v) is 4.96. The van der Waals surface area contributed by atoms with Crippen LogP contribution in [0.15, 0.2) is 29.2 Å². The van der Waals surface area contributed by atoms with Crippen LogP contribution in [0, 0.1) is 13.8 Å². The lowest BCUT2D eigenvalue weighted by Crippen LogP contribution is -2.13. The zero-order valence-electron chi connectivity index (χ0n) is 13.2. The molecule has 7 heteroatoms. The summed E-state index contributed by atoms with van der Waals surface area (Å²) in [5.41, 5.74) is 1.75. The number of hydrogen-bond donors (Lipinski definition) is 1. The summed E-state index contributed by atoms with van der Waals surface area (Å²) in [5, 5.41) is 3.14. The van der Waals surface area contributed by atoms with Crippen LogP contribution in [-0.2, 0) is 9.53 Å². The maximum Gasteiger partial charge on any atom is 0.350 e. The highest BCUT2D eigenvalue weighted by Gasteiger charge is 2.17. The Morgan fingerprint density at radius 2 is 1.96 bits per heavy atom. The van der Waals surface area contributed by atoms with Crippen molar-refractivity contribution in [3.05, 3.63) is 40.4 Å². The van der Waals surface area contributed by atoms with Crippen molar-refractivity contribution in [2.75, 3.05) is 17.7 Å². The maximum atomic E-state index is 12.0. The first kappa shape index (κ1) is 17.5. The number of aryl methyl sites for hydroxylation is 2. The highest BCUT2D eigenvalue weighted by atomic mass is 32.2. The first-order valence-corrected chi connectivity index (χ1v) is 8.93. The number of anilines is 1. The Morgan fingerprint density at radius 1 is 1.26 bits per heavy atom. The molecule has 5 nitrogen and oxygen atoms in total. The summed E-state index contributed by atoms with van der Waals surface area (Å²) in [6, 6.07) is 7.99. The Labute approximate surface area is 143 Å². The van der Waals surface area contributed by atoms with E-state index in [1.807, 2.05) is 31.2 Å². The SMILES string of the molecule is CCOC(=O)c1sc(NC(=O)CSc2ccc(C)cc2)nc1C. The molecule has 2 rings (SSSR count). The second kappa shape index (κ2) is 8.12. The number of aromatic nitrogens is 1. The minimum atomic E-state index is -0.406. The fourth-order valence-corrected chi connectivity index (χ4v) is 3.35. The Kier molecular flexibility index (Phi) is 6.18. The largest absolute Gasteiger partial charge is 0.462 e. The number of nitrogens with zero attached hydrogens (tertiary/aromatic N) is 1. The van der Waals surface area contributed by atoms with E-state index >= 15 is 0 Å². The number of hydrogen-bond acceptors (Lipinski definition) is 6. The van der Waals surface area contributed by atoms with Crippen LogP contribution in [0.1, 0.15) is 27.9 Å². The van der Waals surface area contributed by atoms with Crippen LogP contribution in [0.4, 0.5) is 5.13 Å². The van der Waals surface area contributed by atoms with Gasteiger partial charge in [-0.15, -0.1) is 11.8 Å². The van der Waals surface area contributed by atoms with Gasteiger partial charge in [-0.2, -0.15) is 0 Å². The van der Waals surface area contributed by atoms with Crippen molar-refractivity contribution in [1.29, 1.82) is 0 Å². The molecule has 0 aliphatic rings. The highest BCUT2D eigenvalue weighted by molar-refractivity contribution is 8.00. The van der Waals surface area contributed by atoms with Gasteiger partial charge in [0.15, 0.2) is 5.13 Å². The van der Waals surface area contributed by atoms with E-state index in [4.69, 9.17) is 4.74 Å². The number of benzene rings is 1. The summed E-state index contributed by atoms with van der Waals surface area (Å²) in [6.07, 6.45) is 0. The molecule has 122 valence electrons.